The van der Waals surface area contributed by atoms with Crippen LogP contribution in [0.1, 0.15) is 32.0 Å². The van der Waals surface area contributed by atoms with Crippen molar-refractivity contribution in [3.8, 4) is 5.69 Å². The highest BCUT2D eigenvalue weighted by atomic mass is 16.4. The van der Waals surface area contributed by atoms with Gasteiger partial charge in [0.25, 0.3) is 0 Å². The van der Waals surface area contributed by atoms with Gasteiger partial charge in [0.05, 0.1) is 23.3 Å². The lowest BCUT2D eigenvalue weighted by atomic mass is 9.92. The molecule has 3 N–H and O–H groups in total. The molecular formula is C25H31N7O3. The van der Waals surface area contributed by atoms with Gasteiger partial charge in [0.1, 0.15) is 11.6 Å². The molecule has 0 bridgehead atoms. The molecule has 2 aromatic heterocycles. The predicted octanol–water partition coefficient (Wildman–Crippen LogP) is 4.32. The van der Waals surface area contributed by atoms with Crippen LogP contribution in [0.2, 0.25) is 0 Å². The van der Waals surface area contributed by atoms with E-state index in [-0.39, 0.29) is 5.41 Å². The molecule has 1 aromatic carbocycles. The third-order valence-electron chi connectivity index (χ3n) is 5.88. The molecule has 1 saturated heterocycles. The molecular weight excluding hydrogens is 446 g/mol. The van der Waals surface area contributed by atoms with Crippen molar-refractivity contribution in [2.45, 2.75) is 33.1 Å². The van der Waals surface area contributed by atoms with Crippen LogP contribution in [0.15, 0.2) is 48.7 Å². The van der Waals surface area contributed by atoms with Crippen molar-refractivity contribution in [3.63, 3.8) is 0 Å². The number of piperazine rings is 1. The Hall–Kier alpha value is -4.08. The standard InChI is InChI=1S/C25H31N7O3/c1-17-5-8-19(9-6-17)32-22(15-20(29-32)25(2,3)4)28-23(33)27-18-7-10-21(26-16-18)30-11-13-31(14-12-30)24(34)35/h5-10,15-16H,11-14H2,1-4H3,(H,34,35)(H2,27,28,33). The van der Waals surface area contributed by atoms with Gasteiger partial charge in [0.2, 0.25) is 0 Å². The summed E-state index contributed by atoms with van der Waals surface area (Å²) in [7, 11) is 0. The topological polar surface area (TPSA) is 116 Å². The Morgan fingerprint density at radius 2 is 1.66 bits per heavy atom. The van der Waals surface area contributed by atoms with Crippen molar-refractivity contribution in [1.82, 2.24) is 19.7 Å². The zero-order valence-electron chi connectivity index (χ0n) is 20.4. The quantitative estimate of drug-likeness (QED) is 0.516. The fourth-order valence-electron chi connectivity index (χ4n) is 3.77. The average Bonchev–Trinajstić information content (AvgIpc) is 3.24. The molecule has 1 aliphatic heterocycles. The number of rotatable bonds is 4. The molecule has 3 heterocycles. The van der Waals surface area contributed by atoms with Crippen molar-refractivity contribution in [1.29, 1.82) is 0 Å². The molecule has 1 aliphatic rings. The lowest BCUT2D eigenvalue weighted by Crippen LogP contribution is -2.48. The number of aryl methyl sites for hydroxylation is 1. The zero-order chi connectivity index (χ0) is 25.2. The minimum atomic E-state index is -0.901. The number of pyridine rings is 1. The van der Waals surface area contributed by atoms with E-state index < -0.39 is 12.1 Å². The Kier molecular flexibility index (Phi) is 6.63. The molecule has 0 radical (unpaired) electrons. The van der Waals surface area contributed by atoms with Crippen LogP contribution < -0.4 is 15.5 Å². The molecule has 0 saturated carbocycles. The Labute approximate surface area is 204 Å². The Balaban J connectivity index is 1.44. The molecule has 0 aliphatic carbocycles. The highest BCUT2D eigenvalue weighted by molar-refractivity contribution is 5.99. The summed E-state index contributed by atoms with van der Waals surface area (Å²) in [6, 6.07) is 13.0. The summed E-state index contributed by atoms with van der Waals surface area (Å²) in [5.74, 6) is 1.31. The minimum absolute atomic E-state index is 0.182. The Bertz CT molecular complexity index is 1190. The number of hydrogen-bond donors (Lipinski definition) is 3. The maximum atomic E-state index is 12.8. The number of amides is 3. The highest BCUT2D eigenvalue weighted by Gasteiger charge is 2.23. The van der Waals surface area contributed by atoms with E-state index in [1.165, 1.54) is 4.90 Å². The third-order valence-corrected chi connectivity index (χ3v) is 5.88. The first-order valence-corrected chi connectivity index (χ1v) is 11.5. The fraction of sp³-hybridized carbons (Fsp3) is 0.360. The number of carboxylic acid groups (broad SMARTS) is 1. The Morgan fingerprint density at radius 3 is 2.23 bits per heavy atom. The number of nitrogens with zero attached hydrogens (tertiary/aromatic N) is 5. The average molecular weight is 478 g/mol. The normalized spacial score (nSPS) is 14.1. The van der Waals surface area contributed by atoms with Crippen molar-refractivity contribution in [2.75, 3.05) is 41.7 Å². The SMILES string of the molecule is Cc1ccc(-n2nc(C(C)(C)C)cc2NC(=O)Nc2ccc(N3CCN(C(=O)O)CC3)nc2)cc1. The largest absolute Gasteiger partial charge is 0.465 e. The lowest BCUT2D eigenvalue weighted by molar-refractivity contribution is 0.142. The van der Waals surface area contributed by atoms with E-state index in [4.69, 9.17) is 10.2 Å². The molecule has 1 fully saturated rings. The number of anilines is 3. The first-order chi connectivity index (χ1) is 16.6. The maximum absolute atomic E-state index is 12.8. The molecule has 10 nitrogen and oxygen atoms in total. The Morgan fingerprint density at radius 1 is 0.971 bits per heavy atom. The van der Waals surface area contributed by atoms with Gasteiger partial charge in [-0.25, -0.2) is 19.3 Å². The second-order valence-electron chi connectivity index (χ2n) is 9.65. The highest BCUT2D eigenvalue weighted by Crippen LogP contribution is 2.26. The van der Waals surface area contributed by atoms with Crippen LogP contribution in [0.5, 0.6) is 0 Å². The fourth-order valence-corrected chi connectivity index (χ4v) is 3.77. The summed E-state index contributed by atoms with van der Waals surface area (Å²) in [6.45, 7) is 10.3. The number of urea groups is 1. The number of benzene rings is 1. The van der Waals surface area contributed by atoms with Crippen molar-refractivity contribution >= 4 is 29.4 Å². The second kappa shape index (κ2) is 9.65. The molecule has 184 valence electrons. The molecule has 0 atom stereocenters. The van der Waals surface area contributed by atoms with Gasteiger partial charge >= 0.3 is 12.1 Å². The smallest absolute Gasteiger partial charge is 0.407 e. The number of carbonyl (C=O) groups excluding carboxylic acids is 1. The van der Waals surface area contributed by atoms with Gasteiger partial charge in [-0.1, -0.05) is 38.5 Å². The van der Waals surface area contributed by atoms with Crippen LogP contribution in [0.3, 0.4) is 0 Å². The summed E-state index contributed by atoms with van der Waals surface area (Å²) < 4.78 is 1.73. The number of aromatic nitrogens is 3. The minimum Gasteiger partial charge on any atom is -0.465 e. The van der Waals surface area contributed by atoms with E-state index in [0.29, 0.717) is 37.7 Å². The van der Waals surface area contributed by atoms with E-state index in [1.54, 1.807) is 16.9 Å². The van der Waals surface area contributed by atoms with E-state index in [9.17, 15) is 9.59 Å². The van der Waals surface area contributed by atoms with Gasteiger partial charge in [-0.15, -0.1) is 0 Å². The van der Waals surface area contributed by atoms with E-state index in [0.717, 1.165) is 22.8 Å². The van der Waals surface area contributed by atoms with Gasteiger partial charge in [0.15, 0.2) is 0 Å². The van der Waals surface area contributed by atoms with Crippen LogP contribution in [0.25, 0.3) is 5.69 Å². The molecule has 35 heavy (non-hydrogen) atoms. The molecule has 3 aromatic rings. The van der Waals surface area contributed by atoms with Crippen molar-refractivity contribution in [3.05, 3.63) is 59.9 Å². The number of hydrogen-bond acceptors (Lipinski definition) is 5. The van der Waals surface area contributed by atoms with Crippen molar-refractivity contribution < 1.29 is 14.7 Å². The number of carbonyl (C=O) groups is 2. The molecule has 10 heteroatoms. The molecule has 0 unspecified atom stereocenters. The van der Waals surface area contributed by atoms with Crippen LogP contribution in [-0.4, -0.2) is 63.1 Å². The number of nitrogens with one attached hydrogen (secondary N) is 2. The first kappa shape index (κ1) is 24.1. The van der Waals surface area contributed by atoms with E-state index in [2.05, 4.69) is 36.4 Å². The summed E-state index contributed by atoms with van der Waals surface area (Å²) in [6.07, 6.45) is 0.692. The summed E-state index contributed by atoms with van der Waals surface area (Å²) >= 11 is 0. The predicted molar refractivity (Wildman–Crippen MR) is 136 cm³/mol. The zero-order valence-corrected chi connectivity index (χ0v) is 20.4. The van der Waals surface area contributed by atoms with E-state index >= 15 is 0 Å². The van der Waals surface area contributed by atoms with Gasteiger partial charge in [-0.2, -0.15) is 5.10 Å². The summed E-state index contributed by atoms with van der Waals surface area (Å²) in [4.78, 5) is 31.7. The molecule has 4 rings (SSSR count). The van der Waals surface area contributed by atoms with Gasteiger partial charge < -0.3 is 20.2 Å². The summed E-state index contributed by atoms with van der Waals surface area (Å²) in [5.41, 5.74) is 3.23. The van der Waals surface area contributed by atoms with Crippen molar-refractivity contribution in [2.24, 2.45) is 0 Å². The third kappa shape index (κ3) is 5.71. The van der Waals surface area contributed by atoms with Gasteiger partial charge in [0, 0.05) is 37.7 Å². The monoisotopic (exact) mass is 477 g/mol. The van der Waals surface area contributed by atoms with Crippen LogP contribution in [-0.2, 0) is 5.41 Å². The molecule has 0 spiro atoms. The van der Waals surface area contributed by atoms with Crippen LogP contribution in [0.4, 0.5) is 26.9 Å². The van der Waals surface area contributed by atoms with Gasteiger partial charge in [-0.05, 0) is 31.2 Å². The first-order valence-electron chi connectivity index (χ1n) is 11.5. The summed E-state index contributed by atoms with van der Waals surface area (Å²) in [5, 5.41) is 19.6. The molecule has 3 amide bonds. The van der Waals surface area contributed by atoms with Gasteiger partial charge in [-0.3, -0.25) is 5.32 Å². The van der Waals surface area contributed by atoms with Crippen LogP contribution in [0, 0.1) is 6.92 Å². The maximum Gasteiger partial charge on any atom is 0.407 e. The lowest BCUT2D eigenvalue weighted by Gasteiger charge is -2.33. The second-order valence-corrected chi connectivity index (χ2v) is 9.65. The van der Waals surface area contributed by atoms with E-state index in [1.807, 2.05) is 48.2 Å². The van der Waals surface area contributed by atoms with Crippen LogP contribution >= 0.6 is 0 Å².